The predicted molar refractivity (Wildman–Crippen MR) is 155 cm³/mol. The van der Waals surface area contributed by atoms with Crippen molar-refractivity contribution in [3.05, 3.63) is 99.9 Å². The van der Waals surface area contributed by atoms with E-state index in [4.69, 9.17) is 0 Å². The fourth-order valence-electron chi connectivity index (χ4n) is 5.51. The van der Waals surface area contributed by atoms with Crippen LogP contribution in [-0.4, -0.2) is 58.3 Å². The lowest BCUT2D eigenvalue weighted by Gasteiger charge is -2.27. The topological polar surface area (TPSA) is 87.2 Å². The molecule has 1 aliphatic carbocycles. The number of anilines is 1. The van der Waals surface area contributed by atoms with E-state index >= 15 is 0 Å². The van der Waals surface area contributed by atoms with Gasteiger partial charge in [-0.25, -0.2) is 27.5 Å². The first kappa shape index (κ1) is 30.1. The summed E-state index contributed by atoms with van der Waals surface area (Å²) >= 11 is 0. The SMILES string of the molecule is CCN1CCC[C@H]1CNc1ncc(C(=O)NC2C/C(=C\c3ccc(F)c(F)c3)C(=O)/C(=C/c3ccc(F)c(F)c3)C2)cn1. The molecule has 1 saturated carbocycles. The molecule has 43 heavy (non-hydrogen) atoms. The molecule has 2 heterocycles. The maximum Gasteiger partial charge on any atom is 0.254 e. The van der Waals surface area contributed by atoms with Crippen LogP contribution in [0.15, 0.2) is 59.9 Å². The van der Waals surface area contributed by atoms with Crippen LogP contribution in [0, 0.1) is 23.3 Å². The van der Waals surface area contributed by atoms with Gasteiger partial charge in [0.1, 0.15) is 0 Å². The normalized spacial score (nSPS) is 21.0. The molecule has 2 aliphatic rings. The Morgan fingerprint density at radius 3 is 2.05 bits per heavy atom. The number of nitrogens with zero attached hydrogens (tertiary/aromatic N) is 3. The number of carbonyl (C=O) groups is 2. The van der Waals surface area contributed by atoms with Gasteiger partial charge in [0.05, 0.1) is 5.56 Å². The minimum absolute atomic E-state index is 0.106. The monoisotopic (exact) mass is 593 g/mol. The number of amides is 1. The van der Waals surface area contributed by atoms with Crippen molar-refractivity contribution in [2.24, 2.45) is 0 Å². The molecule has 1 aromatic heterocycles. The summed E-state index contributed by atoms with van der Waals surface area (Å²) in [4.78, 5) is 37.4. The van der Waals surface area contributed by atoms with Crippen LogP contribution in [0.1, 0.15) is 54.1 Å². The molecule has 1 amide bonds. The van der Waals surface area contributed by atoms with E-state index in [1.807, 2.05) is 0 Å². The quantitative estimate of drug-likeness (QED) is 0.263. The van der Waals surface area contributed by atoms with Gasteiger partial charge in [0.25, 0.3) is 5.91 Å². The second kappa shape index (κ2) is 13.3. The molecule has 2 aromatic carbocycles. The van der Waals surface area contributed by atoms with Gasteiger partial charge in [-0.1, -0.05) is 19.1 Å². The first-order chi connectivity index (χ1) is 20.7. The number of likely N-dealkylation sites (tertiary alicyclic amines) is 1. The molecule has 11 heteroatoms. The highest BCUT2D eigenvalue weighted by molar-refractivity contribution is 6.14. The smallest absolute Gasteiger partial charge is 0.254 e. The molecule has 0 spiro atoms. The number of ketones is 1. The number of Topliss-reactive ketones (excluding diaryl/α,β-unsaturated/α-hetero) is 1. The zero-order valence-corrected chi connectivity index (χ0v) is 23.5. The van der Waals surface area contributed by atoms with Crippen LogP contribution in [0.4, 0.5) is 23.5 Å². The van der Waals surface area contributed by atoms with E-state index in [1.165, 1.54) is 36.7 Å². The molecular weight excluding hydrogens is 562 g/mol. The summed E-state index contributed by atoms with van der Waals surface area (Å²) in [5.74, 6) is -4.62. The van der Waals surface area contributed by atoms with Crippen LogP contribution in [0.5, 0.6) is 0 Å². The summed E-state index contributed by atoms with van der Waals surface area (Å²) in [7, 11) is 0. The van der Waals surface area contributed by atoms with Crippen molar-refractivity contribution in [3.8, 4) is 0 Å². The van der Waals surface area contributed by atoms with Crippen molar-refractivity contribution in [1.29, 1.82) is 0 Å². The number of hydrogen-bond acceptors (Lipinski definition) is 6. The number of hydrogen-bond donors (Lipinski definition) is 2. The van der Waals surface area contributed by atoms with E-state index < -0.39 is 41.0 Å². The first-order valence-corrected chi connectivity index (χ1v) is 14.2. The highest BCUT2D eigenvalue weighted by atomic mass is 19.2. The molecule has 0 unspecified atom stereocenters. The van der Waals surface area contributed by atoms with Gasteiger partial charge in [-0.05, 0) is 86.3 Å². The predicted octanol–water partition coefficient (Wildman–Crippen LogP) is 5.56. The standard InChI is InChI=1S/C32H31F4N5O2/c1-2-41-9-3-4-25(41)18-39-32-37-16-23(17-38-32)31(43)40-24-14-21(10-19-5-7-26(33)28(35)12-19)30(42)22(15-24)11-20-6-8-27(34)29(36)13-20/h5-8,10-13,16-17,24-25H,2-4,9,14-15,18H2,1H3,(H,40,43)(H,37,38,39)/b21-10+,22-11+/t25-/m0/s1. The largest absolute Gasteiger partial charge is 0.353 e. The number of carbonyl (C=O) groups excluding carboxylic acids is 2. The van der Waals surface area contributed by atoms with Gasteiger partial charge in [-0.2, -0.15) is 0 Å². The minimum Gasteiger partial charge on any atom is -0.353 e. The van der Waals surface area contributed by atoms with Crippen molar-refractivity contribution in [3.63, 3.8) is 0 Å². The molecule has 224 valence electrons. The number of likely N-dealkylation sites (N-methyl/N-ethyl adjacent to an activating group) is 1. The Kier molecular flexibility index (Phi) is 9.30. The third kappa shape index (κ3) is 7.34. The molecule has 1 atom stereocenters. The second-order valence-corrected chi connectivity index (χ2v) is 10.7. The lowest BCUT2D eigenvalue weighted by Crippen LogP contribution is -2.39. The molecule has 3 aromatic rings. The summed E-state index contributed by atoms with van der Waals surface area (Å²) in [5, 5.41) is 6.12. The van der Waals surface area contributed by atoms with E-state index in [1.54, 1.807) is 0 Å². The molecule has 1 aliphatic heterocycles. The van der Waals surface area contributed by atoms with Crippen molar-refractivity contribution in [1.82, 2.24) is 20.2 Å². The molecular formula is C32H31F4N5O2. The Morgan fingerprint density at radius 2 is 1.51 bits per heavy atom. The highest BCUT2D eigenvalue weighted by Gasteiger charge is 2.29. The van der Waals surface area contributed by atoms with Crippen LogP contribution in [0.3, 0.4) is 0 Å². The molecule has 2 fully saturated rings. The average Bonchev–Trinajstić information content (AvgIpc) is 3.46. The Hall–Kier alpha value is -4.38. The van der Waals surface area contributed by atoms with Crippen LogP contribution in [0.25, 0.3) is 12.2 Å². The summed E-state index contributed by atoms with van der Waals surface area (Å²) in [6.07, 6.45) is 8.16. The third-order valence-corrected chi connectivity index (χ3v) is 7.74. The van der Waals surface area contributed by atoms with Gasteiger partial charge in [0.2, 0.25) is 5.95 Å². The van der Waals surface area contributed by atoms with Crippen LogP contribution in [0.2, 0.25) is 0 Å². The zero-order chi connectivity index (χ0) is 30.5. The van der Waals surface area contributed by atoms with Crippen LogP contribution in [-0.2, 0) is 4.79 Å². The lowest BCUT2D eigenvalue weighted by atomic mass is 9.83. The molecule has 2 N–H and O–H groups in total. The van der Waals surface area contributed by atoms with E-state index in [2.05, 4.69) is 32.4 Å². The molecule has 5 rings (SSSR count). The van der Waals surface area contributed by atoms with E-state index in [0.717, 1.165) is 50.2 Å². The van der Waals surface area contributed by atoms with Crippen molar-refractivity contribution in [2.75, 3.05) is 25.0 Å². The van der Waals surface area contributed by atoms with Gasteiger partial charge >= 0.3 is 0 Å². The number of benzene rings is 2. The van der Waals surface area contributed by atoms with Gasteiger partial charge in [-0.3, -0.25) is 14.5 Å². The van der Waals surface area contributed by atoms with E-state index in [-0.39, 0.29) is 40.7 Å². The maximum absolute atomic E-state index is 13.8. The highest BCUT2D eigenvalue weighted by Crippen LogP contribution is 2.29. The number of nitrogens with one attached hydrogen (secondary N) is 2. The Labute approximate surface area is 246 Å². The van der Waals surface area contributed by atoms with Gasteiger partial charge in [0, 0.05) is 42.2 Å². The Bertz CT molecular complexity index is 1500. The number of aromatic nitrogens is 2. The molecule has 7 nitrogen and oxygen atoms in total. The fraction of sp³-hybridized carbons (Fsp3) is 0.312. The average molecular weight is 594 g/mol. The van der Waals surface area contributed by atoms with E-state index in [0.29, 0.717) is 18.5 Å². The molecule has 0 bridgehead atoms. The first-order valence-electron chi connectivity index (χ1n) is 14.2. The zero-order valence-electron chi connectivity index (χ0n) is 23.5. The summed E-state index contributed by atoms with van der Waals surface area (Å²) in [5.41, 5.74) is 1.21. The van der Waals surface area contributed by atoms with Crippen molar-refractivity contribution in [2.45, 2.75) is 44.7 Å². The van der Waals surface area contributed by atoms with Gasteiger partial charge in [-0.15, -0.1) is 0 Å². The third-order valence-electron chi connectivity index (χ3n) is 7.74. The minimum atomic E-state index is -1.07. The summed E-state index contributed by atoms with van der Waals surface area (Å²) in [6.45, 7) is 4.89. The second-order valence-electron chi connectivity index (χ2n) is 10.7. The number of halogens is 4. The summed E-state index contributed by atoms with van der Waals surface area (Å²) in [6, 6.07) is 6.35. The Morgan fingerprint density at radius 1 is 0.930 bits per heavy atom. The van der Waals surface area contributed by atoms with Crippen LogP contribution >= 0.6 is 0 Å². The van der Waals surface area contributed by atoms with Crippen molar-refractivity contribution >= 4 is 29.8 Å². The van der Waals surface area contributed by atoms with E-state index in [9.17, 15) is 27.2 Å². The van der Waals surface area contributed by atoms with Crippen LogP contribution < -0.4 is 10.6 Å². The Balaban J connectivity index is 1.33. The maximum atomic E-state index is 13.8. The summed E-state index contributed by atoms with van der Waals surface area (Å²) < 4.78 is 54.6. The molecule has 1 saturated heterocycles. The van der Waals surface area contributed by atoms with Gasteiger partial charge < -0.3 is 10.6 Å². The number of rotatable bonds is 8. The lowest BCUT2D eigenvalue weighted by molar-refractivity contribution is -0.113. The fourth-order valence-corrected chi connectivity index (χ4v) is 5.51. The van der Waals surface area contributed by atoms with Crippen molar-refractivity contribution < 1.29 is 27.2 Å². The molecule has 0 radical (unpaired) electrons. The van der Waals surface area contributed by atoms with Gasteiger partial charge in [0.15, 0.2) is 29.1 Å².